The number of nitrogens with one attached hydrogen (secondary N) is 2. The molecule has 1 unspecified atom stereocenters. The Balaban J connectivity index is 2.30. The third-order valence-corrected chi connectivity index (χ3v) is 4.04. The number of aryl methyl sites for hydroxylation is 1. The number of methoxy groups -OCH3 is 1. The first-order valence-electron chi connectivity index (χ1n) is 8.15. The summed E-state index contributed by atoms with van der Waals surface area (Å²) in [5.41, 5.74) is 1.07. The summed E-state index contributed by atoms with van der Waals surface area (Å²) >= 11 is 6.19. The van der Waals surface area contributed by atoms with Gasteiger partial charge in [-0.25, -0.2) is 14.8 Å². The SMILES string of the molecule is CCC(C)NC(=O)c1cc(Nc2cc(C(=O)OC)ccc2Cl)nc(C)n1. The highest BCUT2D eigenvalue weighted by Gasteiger charge is 2.14. The van der Waals surface area contributed by atoms with Gasteiger partial charge >= 0.3 is 5.97 Å². The Kier molecular flexibility index (Phi) is 6.52. The molecule has 1 aromatic carbocycles. The lowest BCUT2D eigenvalue weighted by atomic mass is 10.2. The number of nitrogens with zero attached hydrogens (tertiary/aromatic N) is 2. The molecule has 26 heavy (non-hydrogen) atoms. The Morgan fingerprint density at radius 1 is 1.27 bits per heavy atom. The molecule has 1 aromatic heterocycles. The van der Waals surface area contributed by atoms with Crippen molar-refractivity contribution in [3.8, 4) is 0 Å². The van der Waals surface area contributed by atoms with E-state index in [-0.39, 0.29) is 17.6 Å². The maximum atomic E-state index is 12.3. The number of benzene rings is 1. The second-order valence-corrected chi connectivity index (χ2v) is 6.19. The lowest BCUT2D eigenvalue weighted by molar-refractivity contribution is 0.0600. The summed E-state index contributed by atoms with van der Waals surface area (Å²) in [5.74, 6) is 0.0831. The second kappa shape index (κ2) is 8.62. The quantitative estimate of drug-likeness (QED) is 0.749. The third kappa shape index (κ3) is 4.92. The van der Waals surface area contributed by atoms with Crippen LogP contribution in [0.5, 0.6) is 0 Å². The van der Waals surface area contributed by atoms with Gasteiger partial charge in [0.2, 0.25) is 0 Å². The molecule has 0 aliphatic rings. The molecular weight excluding hydrogens is 356 g/mol. The average molecular weight is 377 g/mol. The maximum absolute atomic E-state index is 12.3. The molecule has 0 radical (unpaired) electrons. The number of halogens is 1. The Morgan fingerprint density at radius 2 is 2.00 bits per heavy atom. The molecule has 1 atom stereocenters. The van der Waals surface area contributed by atoms with Gasteiger partial charge in [0.1, 0.15) is 17.3 Å². The van der Waals surface area contributed by atoms with E-state index in [1.807, 2.05) is 13.8 Å². The highest BCUT2D eigenvalue weighted by molar-refractivity contribution is 6.33. The van der Waals surface area contributed by atoms with Crippen molar-refractivity contribution in [2.24, 2.45) is 0 Å². The maximum Gasteiger partial charge on any atom is 0.337 e. The number of aromatic nitrogens is 2. The highest BCUT2D eigenvalue weighted by atomic mass is 35.5. The Hall–Kier alpha value is -2.67. The second-order valence-electron chi connectivity index (χ2n) is 5.78. The summed E-state index contributed by atoms with van der Waals surface area (Å²) in [6.45, 7) is 5.60. The summed E-state index contributed by atoms with van der Waals surface area (Å²) in [7, 11) is 1.31. The van der Waals surface area contributed by atoms with Crippen LogP contribution in [0.2, 0.25) is 5.02 Å². The largest absolute Gasteiger partial charge is 0.465 e. The van der Waals surface area contributed by atoms with Crippen molar-refractivity contribution < 1.29 is 14.3 Å². The molecule has 2 rings (SSSR count). The number of ether oxygens (including phenoxy) is 1. The van der Waals surface area contributed by atoms with Gasteiger partial charge < -0.3 is 15.4 Å². The van der Waals surface area contributed by atoms with E-state index in [0.29, 0.717) is 27.9 Å². The zero-order chi connectivity index (χ0) is 19.3. The van der Waals surface area contributed by atoms with Crippen LogP contribution in [0.3, 0.4) is 0 Å². The topological polar surface area (TPSA) is 93.2 Å². The summed E-state index contributed by atoms with van der Waals surface area (Å²) < 4.78 is 4.71. The minimum Gasteiger partial charge on any atom is -0.465 e. The van der Waals surface area contributed by atoms with Gasteiger partial charge in [-0.2, -0.15) is 0 Å². The van der Waals surface area contributed by atoms with Gasteiger partial charge in [-0.05, 0) is 38.5 Å². The number of esters is 1. The van der Waals surface area contributed by atoms with E-state index >= 15 is 0 Å². The van der Waals surface area contributed by atoms with Crippen LogP contribution in [0.15, 0.2) is 24.3 Å². The average Bonchev–Trinajstić information content (AvgIpc) is 2.62. The lowest BCUT2D eigenvalue weighted by Gasteiger charge is -2.13. The minimum atomic E-state index is -0.475. The molecule has 0 spiro atoms. The third-order valence-electron chi connectivity index (χ3n) is 3.71. The Bertz CT molecular complexity index is 826. The van der Waals surface area contributed by atoms with Crippen LogP contribution in [-0.4, -0.2) is 35.0 Å². The highest BCUT2D eigenvalue weighted by Crippen LogP contribution is 2.26. The van der Waals surface area contributed by atoms with E-state index in [0.717, 1.165) is 6.42 Å². The van der Waals surface area contributed by atoms with E-state index in [1.54, 1.807) is 25.1 Å². The molecule has 2 N–H and O–H groups in total. The molecule has 138 valence electrons. The first-order chi connectivity index (χ1) is 12.3. The smallest absolute Gasteiger partial charge is 0.337 e. The monoisotopic (exact) mass is 376 g/mol. The standard InChI is InChI=1S/C18H21ClN4O3/c1-5-10(2)20-17(24)15-9-16(22-11(3)21-15)23-14-8-12(18(25)26-4)6-7-13(14)19/h6-10H,5H2,1-4H3,(H,20,24)(H,21,22,23). The molecule has 1 amide bonds. The van der Waals surface area contributed by atoms with Crippen LogP contribution in [-0.2, 0) is 4.74 Å². The van der Waals surface area contributed by atoms with E-state index in [9.17, 15) is 9.59 Å². The normalized spacial score (nSPS) is 11.6. The van der Waals surface area contributed by atoms with E-state index in [2.05, 4.69) is 20.6 Å². The van der Waals surface area contributed by atoms with Crippen molar-refractivity contribution >= 4 is 35.0 Å². The fourth-order valence-corrected chi connectivity index (χ4v) is 2.32. The molecule has 8 heteroatoms. The molecule has 0 aliphatic carbocycles. The summed E-state index contributed by atoms with van der Waals surface area (Å²) in [4.78, 5) is 32.4. The van der Waals surface area contributed by atoms with Crippen LogP contribution < -0.4 is 10.6 Å². The number of rotatable bonds is 6. The van der Waals surface area contributed by atoms with Crippen molar-refractivity contribution in [1.29, 1.82) is 0 Å². The molecular formula is C18H21ClN4O3. The number of carbonyl (C=O) groups excluding carboxylic acids is 2. The fourth-order valence-electron chi connectivity index (χ4n) is 2.15. The van der Waals surface area contributed by atoms with Crippen molar-refractivity contribution in [3.63, 3.8) is 0 Å². The van der Waals surface area contributed by atoms with E-state index in [4.69, 9.17) is 16.3 Å². The molecule has 1 heterocycles. The summed E-state index contributed by atoms with van der Waals surface area (Å²) in [6.07, 6.45) is 0.816. The van der Waals surface area contributed by atoms with Gasteiger partial charge in [-0.15, -0.1) is 0 Å². The number of carbonyl (C=O) groups is 2. The first-order valence-corrected chi connectivity index (χ1v) is 8.53. The van der Waals surface area contributed by atoms with Gasteiger partial charge in [0.15, 0.2) is 0 Å². The molecule has 0 saturated carbocycles. The number of amides is 1. The number of anilines is 2. The van der Waals surface area contributed by atoms with E-state index in [1.165, 1.54) is 13.2 Å². The zero-order valence-electron chi connectivity index (χ0n) is 15.1. The van der Waals surface area contributed by atoms with Crippen molar-refractivity contribution in [2.75, 3.05) is 12.4 Å². The molecule has 0 aliphatic heterocycles. The van der Waals surface area contributed by atoms with Crippen LogP contribution in [0.25, 0.3) is 0 Å². The molecule has 0 saturated heterocycles. The molecule has 0 fully saturated rings. The molecule has 7 nitrogen and oxygen atoms in total. The first kappa shape index (κ1) is 19.7. The predicted molar refractivity (Wildman–Crippen MR) is 100 cm³/mol. The van der Waals surface area contributed by atoms with Crippen molar-refractivity contribution in [2.45, 2.75) is 33.2 Å². The number of hydrogen-bond donors (Lipinski definition) is 2. The van der Waals surface area contributed by atoms with Crippen LogP contribution >= 0.6 is 11.6 Å². The lowest BCUT2D eigenvalue weighted by Crippen LogP contribution is -2.32. The Morgan fingerprint density at radius 3 is 2.65 bits per heavy atom. The number of hydrogen-bond acceptors (Lipinski definition) is 6. The predicted octanol–water partition coefficient (Wildman–Crippen LogP) is 3.50. The van der Waals surface area contributed by atoms with Gasteiger partial charge in [-0.3, -0.25) is 4.79 Å². The van der Waals surface area contributed by atoms with Gasteiger partial charge in [0.25, 0.3) is 5.91 Å². The van der Waals surface area contributed by atoms with Gasteiger partial charge in [-0.1, -0.05) is 18.5 Å². The van der Waals surface area contributed by atoms with Crippen LogP contribution in [0.4, 0.5) is 11.5 Å². The summed E-state index contributed by atoms with van der Waals surface area (Å²) in [5, 5.41) is 6.29. The van der Waals surface area contributed by atoms with E-state index < -0.39 is 5.97 Å². The zero-order valence-corrected chi connectivity index (χ0v) is 15.8. The Labute approximate surface area is 157 Å². The summed E-state index contributed by atoms with van der Waals surface area (Å²) in [6, 6.07) is 6.28. The molecule has 0 bridgehead atoms. The van der Waals surface area contributed by atoms with Crippen LogP contribution in [0.1, 0.15) is 46.9 Å². The van der Waals surface area contributed by atoms with Crippen molar-refractivity contribution in [3.05, 3.63) is 46.4 Å². The van der Waals surface area contributed by atoms with Gasteiger partial charge in [0.05, 0.1) is 23.4 Å². The van der Waals surface area contributed by atoms with Crippen molar-refractivity contribution in [1.82, 2.24) is 15.3 Å². The minimum absolute atomic E-state index is 0.0420. The van der Waals surface area contributed by atoms with Crippen LogP contribution in [0, 0.1) is 6.92 Å². The van der Waals surface area contributed by atoms with Gasteiger partial charge in [0, 0.05) is 12.1 Å². The fraction of sp³-hybridized carbons (Fsp3) is 0.333. The molecule has 2 aromatic rings.